The summed E-state index contributed by atoms with van der Waals surface area (Å²) in [6, 6.07) is 1.74. The lowest BCUT2D eigenvalue weighted by atomic mass is 10.3. The summed E-state index contributed by atoms with van der Waals surface area (Å²) in [5.74, 6) is 1.24. The molecule has 2 aromatic rings. The molecule has 0 amide bonds. The third-order valence-electron chi connectivity index (χ3n) is 2.90. The van der Waals surface area contributed by atoms with Gasteiger partial charge in [-0.3, -0.25) is 0 Å². The van der Waals surface area contributed by atoms with E-state index in [9.17, 15) is 0 Å². The van der Waals surface area contributed by atoms with Crippen LogP contribution < -0.4 is 9.64 Å². The minimum absolute atomic E-state index is 0.0106. The topological polar surface area (TPSA) is 60.4 Å². The molecule has 0 bridgehead atoms. The highest BCUT2D eigenvalue weighted by molar-refractivity contribution is 7.09. The van der Waals surface area contributed by atoms with Crippen molar-refractivity contribution in [1.82, 2.24) is 15.0 Å². The summed E-state index contributed by atoms with van der Waals surface area (Å²) in [6.45, 7) is 2.13. The van der Waals surface area contributed by atoms with Crippen molar-refractivity contribution in [3.8, 4) is 5.88 Å². The fourth-order valence-corrected chi connectivity index (χ4v) is 2.65. The number of hydrogen-bond acceptors (Lipinski definition) is 7. The van der Waals surface area contributed by atoms with Crippen LogP contribution in [0.5, 0.6) is 5.88 Å². The van der Waals surface area contributed by atoms with Gasteiger partial charge in [0, 0.05) is 30.4 Å². The molecule has 100 valence electrons. The van der Waals surface area contributed by atoms with Crippen LogP contribution in [0.4, 0.5) is 5.95 Å². The number of nitrogens with zero attached hydrogens (tertiary/aromatic N) is 4. The molecule has 0 N–H and O–H groups in total. The van der Waals surface area contributed by atoms with Crippen LogP contribution in [-0.4, -0.2) is 41.8 Å². The molecule has 6 nitrogen and oxygen atoms in total. The smallest absolute Gasteiger partial charge is 0.228 e. The fraction of sp³-hybridized carbons (Fsp3) is 0.417. The van der Waals surface area contributed by atoms with Gasteiger partial charge in [0.25, 0.3) is 0 Å². The average molecular weight is 278 g/mol. The van der Waals surface area contributed by atoms with E-state index in [-0.39, 0.29) is 6.10 Å². The van der Waals surface area contributed by atoms with Crippen LogP contribution in [-0.2, 0) is 4.74 Å². The third-order valence-corrected chi connectivity index (χ3v) is 3.77. The van der Waals surface area contributed by atoms with E-state index in [0.29, 0.717) is 25.0 Å². The summed E-state index contributed by atoms with van der Waals surface area (Å²) in [7, 11) is 1.60. The standard InChI is InChI=1S/C12H14N4O2S/c1-17-10-2-3-14-12(15-10)16-5-6-18-9(8-16)11-13-4-7-19-11/h2-4,7,9H,5-6,8H2,1H3. The Morgan fingerprint density at radius 2 is 2.37 bits per heavy atom. The zero-order valence-electron chi connectivity index (χ0n) is 10.5. The molecule has 1 saturated heterocycles. The first-order chi connectivity index (χ1) is 9.36. The van der Waals surface area contributed by atoms with Crippen LogP contribution in [0.15, 0.2) is 23.8 Å². The Morgan fingerprint density at radius 1 is 1.42 bits per heavy atom. The summed E-state index contributed by atoms with van der Waals surface area (Å²) in [6.07, 6.45) is 3.49. The van der Waals surface area contributed by atoms with Crippen molar-refractivity contribution in [3.05, 3.63) is 28.8 Å². The predicted molar refractivity (Wildman–Crippen MR) is 71.6 cm³/mol. The second-order valence-corrected chi connectivity index (χ2v) is 5.00. The van der Waals surface area contributed by atoms with Crippen LogP contribution in [0.25, 0.3) is 0 Å². The van der Waals surface area contributed by atoms with E-state index in [4.69, 9.17) is 9.47 Å². The maximum absolute atomic E-state index is 5.75. The first-order valence-corrected chi connectivity index (χ1v) is 6.88. The van der Waals surface area contributed by atoms with E-state index in [0.717, 1.165) is 11.6 Å². The molecule has 1 fully saturated rings. The molecular weight excluding hydrogens is 264 g/mol. The maximum atomic E-state index is 5.75. The molecule has 0 aliphatic carbocycles. The van der Waals surface area contributed by atoms with E-state index >= 15 is 0 Å². The van der Waals surface area contributed by atoms with Crippen molar-refractivity contribution in [2.75, 3.05) is 31.7 Å². The van der Waals surface area contributed by atoms with Crippen LogP contribution in [0.3, 0.4) is 0 Å². The second-order valence-electron chi connectivity index (χ2n) is 4.07. The van der Waals surface area contributed by atoms with Gasteiger partial charge in [-0.25, -0.2) is 9.97 Å². The highest BCUT2D eigenvalue weighted by Gasteiger charge is 2.25. The zero-order valence-corrected chi connectivity index (χ0v) is 11.3. The van der Waals surface area contributed by atoms with Crippen LogP contribution in [0.2, 0.25) is 0 Å². The molecule has 1 aliphatic rings. The van der Waals surface area contributed by atoms with E-state index < -0.39 is 0 Å². The van der Waals surface area contributed by atoms with E-state index in [1.807, 2.05) is 5.38 Å². The molecule has 19 heavy (non-hydrogen) atoms. The number of anilines is 1. The van der Waals surface area contributed by atoms with Crippen molar-refractivity contribution >= 4 is 17.3 Å². The molecule has 1 atom stereocenters. The summed E-state index contributed by atoms with van der Waals surface area (Å²) < 4.78 is 10.9. The van der Waals surface area contributed by atoms with Crippen molar-refractivity contribution in [2.45, 2.75) is 6.10 Å². The van der Waals surface area contributed by atoms with Gasteiger partial charge in [0.1, 0.15) is 11.1 Å². The number of thiazole rings is 1. The molecule has 0 radical (unpaired) electrons. The van der Waals surface area contributed by atoms with E-state index in [1.165, 1.54) is 0 Å². The largest absolute Gasteiger partial charge is 0.481 e. The van der Waals surface area contributed by atoms with Gasteiger partial charge in [0.2, 0.25) is 11.8 Å². The first-order valence-electron chi connectivity index (χ1n) is 6.00. The lowest BCUT2D eigenvalue weighted by molar-refractivity contribution is 0.0390. The van der Waals surface area contributed by atoms with Crippen molar-refractivity contribution in [3.63, 3.8) is 0 Å². The molecule has 3 heterocycles. The van der Waals surface area contributed by atoms with Crippen LogP contribution >= 0.6 is 11.3 Å². The SMILES string of the molecule is COc1ccnc(N2CCOC(c3nccs3)C2)n1. The zero-order chi connectivity index (χ0) is 13.1. The molecule has 0 aromatic carbocycles. The predicted octanol–water partition coefficient (Wildman–Crippen LogP) is 1.52. The minimum atomic E-state index is -0.0106. The highest BCUT2D eigenvalue weighted by atomic mass is 32.1. The Kier molecular flexibility index (Phi) is 3.56. The molecule has 1 aliphatic heterocycles. The molecule has 7 heteroatoms. The molecule has 1 unspecified atom stereocenters. The number of aromatic nitrogens is 3. The molecule has 0 saturated carbocycles. The first kappa shape index (κ1) is 12.3. The average Bonchev–Trinajstić information content (AvgIpc) is 3.02. The lowest BCUT2D eigenvalue weighted by Gasteiger charge is -2.31. The van der Waals surface area contributed by atoms with Crippen LogP contribution in [0.1, 0.15) is 11.1 Å². The van der Waals surface area contributed by atoms with Gasteiger partial charge in [-0.2, -0.15) is 4.98 Å². The summed E-state index contributed by atoms with van der Waals surface area (Å²) >= 11 is 1.61. The summed E-state index contributed by atoms with van der Waals surface area (Å²) in [5, 5.41) is 2.95. The Bertz CT molecular complexity index is 534. The number of hydrogen-bond donors (Lipinski definition) is 0. The molecular formula is C12H14N4O2S. The molecule has 2 aromatic heterocycles. The van der Waals surface area contributed by atoms with Crippen molar-refractivity contribution in [1.29, 1.82) is 0 Å². The molecule has 0 spiro atoms. The van der Waals surface area contributed by atoms with E-state index in [2.05, 4.69) is 19.9 Å². The number of methoxy groups -OCH3 is 1. The van der Waals surface area contributed by atoms with Gasteiger partial charge >= 0.3 is 0 Å². The van der Waals surface area contributed by atoms with Crippen molar-refractivity contribution in [2.24, 2.45) is 0 Å². The summed E-state index contributed by atoms with van der Waals surface area (Å²) in [4.78, 5) is 15.0. The lowest BCUT2D eigenvalue weighted by Crippen LogP contribution is -2.39. The van der Waals surface area contributed by atoms with Gasteiger partial charge in [-0.1, -0.05) is 0 Å². The number of ether oxygens (including phenoxy) is 2. The van der Waals surface area contributed by atoms with Gasteiger partial charge in [0.15, 0.2) is 0 Å². The highest BCUT2D eigenvalue weighted by Crippen LogP contribution is 2.26. The van der Waals surface area contributed by atoms with Crippen LogP contribution in [0, 0.1) is 0 Å². The maximum Gasteiger partial charge on any atom is 0.228 e. The Hall–Kier alpha value is -1.73. The van der Waals surface area contributed by atoms with Gasteiger partial charge in [-0.05, 0) is 0 Å². The monoisotopic (exact) mass is 278 g/mol. The number of morpholine rings is 1. The Labute approximate surface area is 115 Å². The third kappa shape index (κ3) is 2.66. The quantitative estimate of drug-likeness (QED) is 0.848. The Morgan fingerprint density at radius 3 is 3.16 bits per heavy atom. The second kappa shape index (κ2) is 5.50. The fourth-order valence-electron chi connectivity index (χ4n) is 1.97. The molecule has 3 rings (SSSR count). The van der Waals surface area contributed by atoms with Gasteiger partial charge in [0.05, 0.1) is 20.3 Å². The van der Waals surface area contributed by atoms with Gasteiger partial charge in [-0.15, -0.1) is 11.3 Å². The van der Waals surface area contributed by atoms with Gasteiger partial charge < -0.3 is 14.4 Å². The number of rotatable bonds is 3. The van der Waals surface area contributed by atoms with E-state index in [1.54, 1.807) is 36.9 Å². The van der Waals surface area contributed by atoms with Crippen molar-refractivity contribution < 1.29 is 9.47 Å². The summed E-state index contributed by atoms with van der Waals surface area (Å²) in [5.41, 5.74) is 0. The normalized spacial score (nSPS) is 19.4. The minimum Gasteiger partial charge on any atom is -0.481 e. The Balaban J connectivity index is 1.77.